The number of phenols is 4. The molecule has 3 aromatic rings. The van der Waals surface area contributed by atoms with E-state index in [0.29, 0.717) is 0 Å². The number of hydrogen-bond donors (Lipinski definition) is 8. The number of aromatic hydroxyl groups is 4. The maximum atomic E-state index is 13.0. The summed E-state index contributed by atoms with van der Waals surface area (Å²) < 4.78 is 11.1. The van der Waals surface area contributed by atoms with Crippen LogP contribution in [0.1, 0.15) is 24.5 Å². The molecule has 0 bridgehead atoms. The van der Waals surface area contributed by atoms with Gasteiger partial charge < -0.3 is 50.0 Å². The van der Waals surface area contributed by atoms with E-state index in [1.165, 1.54) is 0 Å². The van der Waals surface area contributed by atoms with Crippen molar-refractivity contribution in [3.8, 4) is 23.0 Å². The van der Waals surface area contributed by atoms with Gasteiger partial charge in [-0.15, -0.1) is 0 Å². The van der Waals surface area contributed by atoms with Gasteiger partial charge in [0.1, 0.15) is 46.4 Å². The first-order valence-electron chi connectivity index (χ1n) is 9.81. The fraction of sp³-hybridized carbons (Fsp3) is 0.381. The van der Waals surface area contributed by atoms with Crippen LogP contribution in [0.25, 0.3) is 21.9 Å². The summed E-state index contributed by atoms with van der Waals surface area (Å²) in [4.78, 5) is 13.0. The van der Waals surface area contributed by atoms with Crippen LogP contribution < -0.4 is 5.43 Å². The summed E-state index contributed by atoms with van der Waals surface area (Å²) in [5.74, 6) is -2.48. The Balaban J connectivity index is 1.94. The first kappa shape index (κ1) is 22.1. The highest BCUT2D eigenvalue weighted by atomic mass is 16.5. The predicted molar refractivity (Wildman–Crippen MR) is 109 cm³/mol. The van der Waals surface area contributed by atoms with Gasteiger partial charge in [-0.25, -0.2) is 0 Å². The van der Waals surface area contributed by atoms with Gasteiger partial charge in [0.05, 0.1) is 29.8 Å². The Kier molecular flexibility index (Phi) is 5.61. The Morgan fingerprint density at radius 1 is 0.875 bits per heavy atom. The molecule has 0 radical (unpaired) electrons. The first-order chi connectivity index (χ1) is 15.1. The molecule has 0 saturated carbocycles. The normalized spacial score (nSPS) is 26.8. The third-order valence-corrected chi connectivity index (χ3v) is 5.72. The van der Waals surface area contributed by atoms with Crippen LogP contribution in [-0.2, 0) is 4.74 Å². The van der Waals surface area contributed by atoms with Crippen molar-refractivity contribution in [3.63, 3.8) is 0 Å². The Bertz CT molecular complexity index is 1230. The van der Waals surface area contributed by atoms with Crippen LogP contribution in [-0.4, -0.2) is 71.9 Å². The van der Waals surface area contributed by atoms with E-state index in [0.717, 1.165) is 18.2 Å². The second-order valence-electron chi connectivity index (χ2n) is 7.78. The minimum absolute atomic E-state index is 0.0522. The molecule has 4 rings (SSSR count). The Morgan fingerprint density at radius 3 is 2.19 bits per heavy atom. The minimum Gasteiger partial charge on any atom is -0.507 e. The molecule has 11 heteroatoms. The molecule has 1 aliphatic rings. The van der Waals surface area contributed by atoms with Crippen molar-refractivity contribution in [2.24, 2.45) is 0 Å². The van der Waals surface area contributed by atoms with Gasteiger partial charge in [0.15, 0.2) is 11.5 Å². The maximum Gasteiger partial charge on any atom is 0.204 e. The standard InChI is InChI=1S/C21H22O11/c22-6-15-19(29)8(23)1-2-9(24)21(32-15)16-12(27)5-14-17(20(16)30)18(28)7-3-10(25)11(26)4-13(7)31-14/h3-5,8-9,15,19,21-27,29-30H,1-2,6H2. The summed E-state index contributed by atoms with van der Waals surface area (Å²) in [6, 6.07) is 2.99. The van der Waals surface area contributed by atoms with Crippen LogP contribution >= 0.6 is 0 Å². The number of aliphatic hydroxyl groups excluding tert-OH is 4. The van der Waals surface area contributed by atoms with Gasteiger partial charge in [-0.2, -0.15) is 0 Å². The predicted octanol–water partition coefficient (Wildman–Crippen LogP) is 0.0637. The highest BCUT2D eigenvalue weighted by molar-refractivity contribution is 5.96. The zero-order valence-electron chi connectivity index (χ0n) is 16.5. The quantitative estimate of drug-likeness (QED) is 0.194. The van der Waals surface area contributed by atoms with Gasteiger partial charge in [0.25, 0.3) is 0 Å². The molecule has 32 heavy (non-hydrogen) atoms. The monoisotopic (exact) mass is 450 g/mol. The lowest BCUT2D eigenvalue weighted by molar-refractivity contribution is -0.173. The van der Waals surface area contributed by atoms with Crippen LogP contribution in [0.2, 0.25) is 0 Å². The SMILES string of the molecule is O=c1c2cc(O)c(O)cc2oc2cc(O)c(C3OC(CO)C(O)C(O)CCC3O)c(O)c12. The van der Waals surface area contributed by atoms with Crippen molar-refractivity contribution in [2.45, 2.75) is 43.4 Å². The number of phenolic OH excluding ortho intramolecular Hbond substituents is 4. The summed E-state index contributed by atoms with van der Waals surface area (Å²) in [6.07, 6.45) is -7.11. The van der Waals surface area contributed by atoms with Crippen LogP contribution in [0.5, 0.6) is 23.0 Å². The zero-order chi connectivity index (χ0) is 23.3. The average Bonchev–Trinajstić information content (AvgIpc) is 2.74. The molecule has 1 aromatic heterocycles. The lowest BCUT2D eigenvalue weighted by atomic mass is 9.92. The van der Waals surface area contributed by atoms with Crippen molar-refractivity contribution >= 4 is 21.9 Å². The molecule has 1 aliphatic heterocycles. The zero-order valence-corrected chi connectivity index (χ0v) is 16.5. The molecule has 172 valence electrons. The molecular weight excluding hydrogens is 428 g/mol. The molecule has 0 aliphatic carbocycles. The van der Waals surface area contributed by atoms with Gasteiger partial charge in [-0.05, 0) is 18.9 Å². The van der Waals surface area contributed by atoms with Crippen LogP contribution in [0.15, 0.2) is 27.4 Å². The average molecular weight is 450 g/mol. The van der Waals surface area contributed by atoms with E-state index < -0.39 is 65.6 Å². The number of ether oxygens (including phenoxy) is 1. The summed E-state index contributed by atoms with van der Waals surface area (Å²) in [5.41, 5.74) is -1.50. The lowest BCUT2D eigenvalue weighted by Gasteiger charge is -2.35. The smallest absolute Gasteiger partial charge is 0.204 e. The number of aliphatic hydroxyl groups is 4. The van der Waals surface area contributed by atoms with Crippen molar-refractivity contribution in [3.05, 3.63) is 34.0 Å². The Hall–Kier alpha value is -3.09. The van der Waals surface area contributed by atoms with E-state index in [1.54, 1.807) is 0 Å². The van der Waals surface area contributed by atoms with Crippen molar-refractivity contribution < 1.29 is 50.0 Å². The fourth-order valence-corrected chi connectivity index (χ4v) is 3.98. The second kappa shape index (κ2) is 8.11. The van der Waals surface area contributed by atoms with E-state index in [4.69, 9.17) is 9.15 Å². The molecule has 5 atom stereocenters. The van der Waals surface area contributed by atoms with E-state index in [2.05, 4.69) is 0 Å². The lowest BCUT2D eigenvalue weighted by Crippen LogP contribution is -2.45. The third kappa shape index (κ3) is 3.49. The van der Waals surface area contributed by atoms with Crippen LogP contribution in [0, 0.1) is 0 Å². The van der Waals surface area contributed by atoms with Crippen LogP contribution in [0.3, 0.4) is 0 Å². The van der Waals surface area contributed by atoms with Crippen molar-refractivity contribution in [1.29, 1.82) is 0 Å². The summed E-state index contributed by atoms with van der Waals surface area (Å²) in [7, 11) is 0. The molecule has 11 nitrogen and oxygen atoms in total. The Labute approximate surface area is 179 Å². The van der Waals surface area contributed by atoms with Gasteiger partial charge >= 0.3 is 0 Å². The van der Waals surface area contributed by atoms with E-state index in [1.807, 2.05) is 0 Å². The highest BCUT2D eigenvalue weighted by Gasteiger charge is 2.38. The topological polar surface area (TPSA) is 201 Å². The largest absolute Gasteiger partial charge is 0.507 e. The number of fused-ring (bicyclic) bond motifs is 2. The highest BCUT2D eigenvalue weighted by Crippen LogP contribution is 2.44. The summed E-state index contributed by atoms with van der Waals surface area (Å²) in [5, 5.41) is 80.6. The van der Waals surface area contributed by atoms with Gasteiger partial charge in [-0.3, -0.25) is 4.79 Å². The molecule has 5 unspecified atom stereocenters. The molecule has 0 amide bonds. The minimum atomic E-state index is -1.50. The first-order valence-corrected chi connectivity index (χ1v) is 9.81. The van der Waals surface area contributed by atoms with Crippen molar-refractivity contribution in [2.75, 3.05) is 6.61 Å². The molecule has 1 fully saturated rings. The number of benzene rings is 2. The fourth-order valence-electron chi connectivity index (χ4n) is 3.98. The summed E-state index contributed by atoms with van der Waals surface area (Å²) >= 11 is 0. The van der Waals surface area contributed by atoms with E-state index >= 15 is 0 Å². The molecular formula is C21H22O11. The molecule has 2 aromatic carbocycles. The maximum absolute atomic E-state index is 13.0. The molecule has 2 heterocycles. The molecule has 8 N–H and O–H groups in total. The number of rotatable bonds is 2. The van der Waals surface area contributed by atoms with Crippen LogP contribution in [0.4, 0.5) is 0 Å². The van der Waals surface area contributed by atoms with Gasteiger partial charge in [0, 0.05) is 12.1 Å². The van der Waals surface area contributed by atoms with Gasteiger partial charge in [-0.1, -0.05) is 0 Å². The van der Waals surface area contributed by atoms with E-state index in [-0.39, 0.29) is 40.3 Å². The van der Waals surface area contributed by atoms with E-state index in [9.17, 15) is 45.6 Å². The number of hydrogen-bond acceptors (Lipinski definition) is 11. The van der Waals surface area contributed by atoms with Gasteiger partial charge in [0.2, 0.25) is 5.43 Å². The van der Waals surface area contributed by atoms with Crippen molar-refractivity contribution in [1.82, 2.24) is 0 Å². The second-order valence-corrected chi connectivity index (χ2v) is 7.78. The Morgan fingerprint density at radius 2 is 1.50 bits per heavy atom. The summed E-state index contributed by atoms with van der Waals surface area (Å²) in [6.45, 7) is -0.730. The molecule has 1 saturated heterocycles. The third-order valence-electron chi connectivity index (χ3n) is 5.72. The molecule has 0 spiro atoms.